The smallest absolute Gasteiger partial charge is 0 e. The summed E-state index contributed by atoms with van der Waals surface area (Å²) in [7, 11) is 2.91. The van der Waals surface area contributed by atoms with E-state index in [0.29, 0.717) is 0 Å². The summed E-state index contributed by atoms with van der Waals surface area (Å²) in [6, 6.07) is 0. The number of rotatable bonds is 0. The standard InChI is InChI=1S/C6H13P.N/c7-6-4-2-1-3-5-6;/h6H,1-5,7H2;. The van der Waals surface area contributed by atoms with Crippen LogP contribution in [0.1, 0.15) is 32.1 Å². The summed E-state index contributed by atoms with van der Waals surface area (Å²) in [6.07, 6.45) is 7.31. The van der Waals surface area contributed by atoms with Crippen molar-refractivity contribution in [3.05, 3.63) is 0 Å². The maximum atomic E-state index is 2.91. The minimum absolute atomic E-state index is 0. The van der Waals surface area contributed by atoms with Gasteiger partial charge in [-0.1, -0.05) is 19.3 Å². The molecule has 0 aromatic rings. The Morgan fingerprint density at radius 1 is 1.00 bits per heavy atom. The Bertz CT molecular complexity index is 50.5. The lowest BCUT2D eigenvalue weighted by Gasteiger charge is -2.15. The van der Waals surface area contributed by atoms with E-state index in [2.05, 4.69) is 9.24 Å². The third-order valence-corrected chi connectivity index (χ3v) is 2.32. The summed E-state index contributed by atoms with van der Waals surface area (Å²) in [4.78, 5) is 0. The van der Waals surface area contributed by atoms with Crippen molar-refractivity contribution in [2.45, 2.75) is 37.8 Å². The number of hydrogen-bond donors (Lipinski definition) is 0. The molecule has 1 fully saturated rings. The van der Waals surface area contributed by atoms with Gasteiger partial charge in [0.1, 0.15) is 0 Å². The highest BCUT2D eigenvalue weighted by atomic mass is 31.0. The van der Waals surface area contributed by atoms with Gasteiger partial charge in [0.15, 0.2) is 0 Å². The highest BCUT2D eigenvalue weighted by Crippen LogP contribution is 2.23. The molecule has 0 amide bonds. The molecule has 0 aromatic carbocycles. The predicted molar refractivity (Wildman–Crippen MR) is 38.7 cm³/mol. The van der Waals surface area contributed by atoms with Crippen LogP contribution in [0.3, 0.4) is 0 Å². The SMILES string of the molecule is PC1CCCCC1.[N]. The molecule has 1 atom stereocenters. The van der Waals surface area contributed by atoms with E-state index in [1.807, 2.05) is 0 Å². The lowest BCUT2D eigenvalue weighted by Crippen LogP contribution is -2.02. The normalized spacial score (nSPS) is 22.1. The highest BCUT2D eigenvalue weighted by Gasteiger charge is 2.06. The Kier molecular flexibility index (Phi) is 4.50. The van der Waals surface area contributed by atoms with Gasteiger partial charge in [-0.25, -0.2) is 0 Å². The fraction of sp³-hybridized carbons (Fsp3) is 1.00. The molecule has 1 unspecified atom stereocenters. The van der Waals surface area contributed by atoms with Crippen molar-refractivity contribution in [1.29, 1.82) is 0 Å². The van der Waals surface area contributed by atoms with Crippen LogP contribution in [0.5, 0.6) is 0 Å². The Hall–Kier alpha value is 0.390. The summed E-state index contributed by atoms with van der Waals surface area (Å²) in [5, 5.41) is 0. The molecule has 1 saturated carbocycles. The molecule has 0 spiro atoms. The van der Waals surface area contributed by atoms with E-state index in [4.69, 9.17) is 0 Å². The van der Waals surface area contributed by atoms with Crippen molar-refractivity contribution in [2.75, 3.05) is 0 Å². The van der Waals surface area contributed by atoms with E-state index in [0.717, 1.165) is 5.66 Å². The molecule has 47 valence electrons. The van der Waals surface area contributed by atoms with E-state index in [9.17, 15) is 0 Å². The van der Waals surface area contributed by atoms with E-state index in [1.54, 1.807) is 0 Å². The molecule has 0 heterocycles. The Morgan fingerprint density at radius 2 is 1.50 bits per heavy atom. The molecule has 1 aliphatic rings. The van der Waals surface area contributed by atoms with Crippen molar-refractivity contribution in [2.24, 2.45) is 0 Å². The summed E-state index contributed by atoms with van der Waals surface area (Å²) >= 11 is 0. The molecule has 0 N–H and O–H groups in total. The fourth-order valence-electron chi connectivity index (χ4n) is 1.13. The van der Waals surface area contributed by atoms with E-state index in [1.165, 1.54) is 32.1 Å². The minimum atomic E-state index is 0. The van der Waals surface area contributed by atoms with E-state index >= 15 is 0 Å². The molecular weight excluding hydrogens is 117 g/mol. The van der Waals surface area contributed by atoms with Gasteiger partial charge in [-0.3, -0.25) is 0 Å². The second-order valence-electron chi connectivity index (χ2n) is 2.40. The maximum Gasteiger partial charge on any atom is 0 e. The number of nitrogens with zero attached hydrogens (tertiary/aromatic N) is 1. The molecule has 0 aromatic heterocycles. The summed E-state index contributed by atoms with van der Waals surface area (Å²) in [6.45, 7) is 0. The molecule has 0 saturated heterocycles. The largest absolute Gasteiger partial charge is 0.134 e. The Morgan fingerprint density at radius 3 is 1.75 bits per heavy atom. The molecule has 1 nitrogen and oxygen atoms in total. The van der Waals surface area contributed by atoms with Gasteiger partial charge in [-0.05, 0) is 18.5 Å². The Balaban J connectivity index is 0.000000490. The predicted octanol–water partition coefficient (Wildman–Crippen LogP) is 1.71. The molecule has 0 bridgehead atoms. The van der Waals surface area contributed by atoms with Crippen LogP contribution in [0.15, 0.2) is 0 Å². The zero-order valence-corrected chi connectivity index (χ0v) is 6.29. The van der Waals surface area contributed by atoms with Gasteiger partial charge in [0, 0.05) is 6.15 Å². The van der Waals surface area contributed by atoms with E-state index < -0.39 is 0 Å². The van der Waals surface area contributed by atoms with Crippen molar-refractivity contribution in [3.8, 4) is 0 Å². The van der Waals surface area contributed by atoms with Crippen LogP contribution in [0.25, 0.3) is 0 Å². The highest BCUT2D eigenvalue weighted by molar-refractivity contribution is 7.17. The Labute approximate surface area is 54.0 Å². The quantitative estimate of drug-likeness (QED) is 0.447. The third kappa shape index (κ3) is 2.64. The first-order valence-electron chi connectivity index (χ1n) is 3.15. The van der Waals surface area contributed by atoms with Crippen LogP contribution in [-0.4, -0.2) is 5.66 Å². The van der Waals surface area contributed by atoms with Crippen molar-refractivity contribution >= 4 is 9.24 Å². The lowest BCUT2D eigenvalue weighted by molar-refractivity contribution is 0.516. The van der Waals surface area contributed by atoms with Crippen LogP contribution in [-0.2, 0) is 0 Å². The van der Waals surface area contributed by atoms with Gasteiger partial charge in [-0.2, -0.15) is 0 Å². The molecule has 2 heteroatoms. The van der Waals surface area contributed by atoms with Gasteiger partial charge < -0.3 is 0 Å². The van der Waals surface area contributed by atoms with Crippen molar-refractivity contribution < 1.29 is 0 Å². The zero-order valence-electron chi connectivity index (χ0n) is 5.14. The zero-order chi connectivity index (χ0) is 5.11. The van der Waals surface area contributed by atoms with Gasteiger partial charge in [-0.15, -0.1) is 9.24 Å². The van der Waals surface area contributed by atoms with Gasteiger partial charge in [0.25, 0.3) is 0 Å². The summed E-state index contributed by atoms with van der Waals surface area (Å²) in [5.74, 6) is 0. The molecule has 8 heavy (non-hydrogen) atoms. The first-order valence-corrected chi connectivity index (χ1v) is 3.82. The van der Waals surface area contributed by atoms with Crippen LogP contribution < -0.4 is 6.15 Å². The molecule has 0 aliphatic heterocycles. The van der Waals surface area contributed by atoms with Crippen LogP contribution in [0, 0.1) is 0 Å². The van der Waals surface area contributed by atoms with E-state index in [-0.39, 0.29) is 6.15 Å². The summed E-state index contributed by atoms with van der Waals surface area (Å²) < 4.78 is 0. The molecule has 1 aliphatic carbocycles. The van der Waals surface area contributed by atoms with Crippen molar-refractivity contribution in [3.63, 3.8) is 0 Å². The monoisotopic (exact) mass is 130 g/mol. The first kappa shape index (κ1) is 8.39. The molecule has 1 rings (SSSR count). The van der Waals surface area contributed by atoms with Crippen LogP contribution in [0.4, 0.5) is 0 Å². The minimum Gasteiger partial charge on any atom is -0.134 e. The third-order valence-electron chi connectivity index (χ3n) is 1.65. The summed E-state index contributed by atoms with van der Waals surface area (Å²) in [5.41, 5.74) is 0.953. The van der Waals surface area contributed by atoms with Crippen molar-refractivity contribution in [1.82, 2.24) is 6.15 Å². The molecule has 3 radical (unpaired) electrons. The maximum absolute atomic E-state index is 2.91. The first-order chi connectivity index (χ1) is 3.39. The van der Waals surface area contributed by atoms with Gasteiger partial charge in [0.05, 0.1) is 0 Å². The second kappa shape index (κ2) is 4.29. The van der Waals surface area contributed by atoms with Gasteiger partial charge >= 0.3 is 0 Å². The lowest BCUT2D eigenvalue weighted by atomic mass is 10.0. The molecular formula is C6H13NP. The average Bonchev–Trinajstić information content (AvgIpc) is 1.69. The fourth-order valence-corrected chi connectivity index (χ4v) is 1.61. The number of hydrogen-bond acceptors (Lipinski definition) is 0. The topological polar surface area (TPSA) is 30.5 Å². The second-order valence-corrected chi connectivity index (χ2v) is 3.34. The van der Waals surface area contributed by atoms with Crippen LogP contribution in [0.2, 0.25) is 0 Å². The average molecular weight is 130 g/mol. The van der Waals surface area contributed by atoms with Crippen LogP contribution >= 0.6 is 9.24 Å². The van der Waals surface area contributed by atoms with Gasteiger partial charge in [0.2, 0.25) is 0 Å².